The number of fused-ring (bicyclic) bond motifs is 2. The highest BCUT2D eigenvalue weighted by Gasteiger charge is 2.21. The Morgan fingerprint density at radius 1 is 0.931 bits per heavy atom. The van der Waals surface area contributed by atoms with Crippen molar-refractivity contribution >= 4 is 27.6 Å². The van der Waals surface area contributed by atoms with E-state index in [1.54, 1.807) is 0 Å². The molecular weight excluding hydrogens is 362 g/mol. The number of esters is 1. The summed E-state index contributed by atoms with van der Waals surface area (Å²) in [5, 5.41) is 3.39. The first-order valence-electron chi connectivity index (χ1n) is 10.0. The third kappa shape index (κ3) is 3.70. The number of aryl methyl sites for hydroxylation is 2. The number of nitrogens with zero attached hydrogens (tertiary/aromatic N) is 1. The van der Waals surface area contributed by atoms with Crippen molar-refractivity contribution in [3.63, 3.8) is 0 Å². The van der Waals surface area contributed by atoms with Crippen molar-refractivity contribution in [2.75, 3.05) is 13.2 Å². The fraction of sp³-hybridized carbons (Fsp3) is 0.240. The number of carbonyl (C=O) groups excluding carboxylic acids is 1. The maximum absolute atomic E-state index is 12.6. The van der Waals surface area contributed by atoms with E-state index in [1.165, 1.54) is 5.39 Å². The molecular formula is C25H25NO3. The summed E-state index contributed by atoms with van der Waals surface area (Å²) in [6.07, 6.45) is 1.56. The monoisotopic (exact) mass is 387 g/mol. The quantitative estimate of drug-likeness (QED) is 0.310. The van der Waals surface area contributed by atoms with Gasteiger partial charge in [-0.15, -0.1) is 0 Å². The summed E-state index contributed by atoms with van der Waals surface area (Å²) in [6.45, 7) is 2.78. The Labute approximate surface area is 170 Å². The van der Waals surface area contributed by atoms with Crippen LogP contribution in [0.1, 0.15) is 29.4 Å². The molecule has 0 spiro atoms. The first-order valence-corrected chi connectivity index (χ1v) is 10.0. The molecule has 148 valence electrons. The first-order chi connectivity index (χ1) is 14.2. The second-order valence-electron chi connectivity index (χ2n) is 7.05. The molecule has 29 heavy (non-hydrogen) atoms. The van der Waals surface area contributed by atoms with Crippen LogP contribution in [0.25, 0.3) is 21.7 Å². The van der Waals surface area contributed by atoms with Gasteiger partial charge >= 0.3 is 5.97 Å². The second kappa shape index (κ2) is 8.39. The minimum Gasteiger partial charge on any atom is -0.493 e. The SMILES string of the molecule is CCOC(=O)c1c(CCCOc2cccc3ccccc23)c2ccccc2n1C. The zero-order valence-electron chi connectivity index (χ0n) is 16.9. The Bertz CT molecular complexity index is 1150. The number of benzene rings is 3. The molecule has 0 saturated heterocycles. The van der Waals surface area contributed by atoms with E-state index in [1.807, 2.05) is 61.0 Å². The molecule has 0 saturated carbocycles. The zero-order valence-corrected chi connectivity index (χ0v) is 16.9. The average Bonchev–Trinajstić information content (AvgIpc) is 3.03. The highest BCUT2D eigenvalue weighted by Crippen LogP contribution is 2.28. The maximum Gasteiger partial charge on any atom is 0.355 e. The molecule has 0 N–H and O–H groups in total. The van der Waals surface area contributed by atoms with Crippen LogP contribution in [-0.2, 0) is 18.2 Å². The van der Waals surface area contributed by atoms with Gasteiger partial charge in [-0.2, -0.15) is 0 Å². The Hall–Kier alpha value is -3.27. The highest BCUT2D eigenvalue weighted by atomic mass is 16.5. The molecule has 4 rings (SSSR count). The van der Waals surface area contributed by atoms with Gasteiger partial charge in [-0.05, 0) is 42.8 Å². The summed E-state index contributed by atoms with van der Waals surface area (Å²) in [5.74, 6) is 0.628. The molecule has 0 aliphatic rings. The van der Waals surface area contributed by atoms with E-state index >= 15 is 0 Å². The summed E-state index contributed by atoms with van der Waals surface area (Å²) < 4.78 is 13.3. The summed E-state index contributed by atoms with van der Waals surface area (Å²) in [7, 11) is 1.92. The Morgan fingerprint density at radius 3 is 2.48 bits per heavy atom. The number of hydrogen-bond donors (Lipinski definition) is 0. The molecule has 1 aromatic heterocycles. The summed E-state index contributed by atoms with van der Waals surface area (Å²) in [6, 6.07) is 22.4. The fourth-order valence-electron chi connectivity index (χ4n) is 3.94. The molecule has 4 nitrogen and oxygen atoms in total. The van der Waals surface area contributed by atoms with E-state index in [0.717, 1.165) is 40.4 Å². The second-order valence-corrected chi connectivity index (χ2v) is 7.05. The minimum absolute atomic E-state index is 0.267. The minimum atomic E-state index is -0.267. The Morgan fingerprint density at radius 2 is 1.66 bits per heavy atom. The van der Waals surface area contributed by atoms with Crippen molar-refractivity contribution in [2.45, 2.75) is 19.8 Å². The van der Waals surface area contributed by atoms with Crippen LogP contribution >= 0.6 is 0 Å². The lowest BCUT2D eigenvalue weighted by molar-refractivity contribution is 0.0514. The lowest BCUT2D eigenvalue weighted by atomic mass is 10.1. The van der Waals surface area contributed by atoms with Gasteiger partial charge in [0, 0.05) is 23.3 Å². The Balaban J connectivity index is 1.53. The summed E-state index contributed by atoms with van der Waals surface area (Å²) >= 11 is 0. The van der Waals surface area contributed by atoms with Crippen LogP contribution in [0.4, 0.5) is 0 Å². The molecule has 1 heterocycles. The number of hydrogen-bond acceptors (Lipinski definition) is 3. The van der Waals surface area contributed by atoms with Gasteiger partial charge in [-0.25, -0.2) is 4.79 Å². The van der Waals surface area contributed by atoms with Gasteiger partial charge in [-0.3, -0.25) is 0 Å². The molecule has 0 amide bonds. The van der Waals surface area contributed by atoms with Crippen molar-refractivity contribution in [2.24, 2.45) is 7.05 Å². The van der Waals surface area contributed by atoms with Crippen LogP contribution in [0.5, 0.6) is 5.75 Å². The molecule has 0 atom stereocenters. The van der Waals surface area contributed by atoms with Crippen molar-refractivity contribution in [3.8, 4) is 5.75 Å². The molecule has 0 bridgehead atoms. The topological polar surface area (TPSA) is 40.5 Å². The predicted octanol–water partition coefficient (Wildman–Crippen LogP) is 5.52. The number of carbonyl (C=O) groups is 1. The molecule has 0 aliphatic heterocycles. The third-order valence-corrected chi connectivity index (χ3v) is 5.26. The van der Waals surface area contributed by atoms with Crippen molar-refractivity contribution < 1.29 is 14.3 Å². The lowest BCUT2D eigenvalue weighted by Gasteiger charge is -2.10. The number of ether oxygens (including phenoxy) is 2. The van der Waals surface area contributed by atoms with Crippen LogP contribution in [0, 0.1) is 0 Å². The van der Waals surface area contributed by atoms with Gasteiger partial charge in [-0.1, -0.05) is 54.6 Å². The van der Waals surface area contributed by atoms with Crippen molar-refractivity contribution in [3.05, 3.63) is 78.0 Å². The average molecular weight is 387 g/mol. The summed E-state index contributed by atoms with van der Waals surface area (Å²) in [4.78, 5) is 12.6. The van der Waals surface area contributed by atoms with E-state index in [-0.39, 0.29) is 5.97 Å². The van der Waals surface area contributed by atoms with Gasteiger partial charge < -0.3 is 14.0 Å². The molecule has 3 aromatic carbocycles. The largest absolute Gasteiger partial charge is 0.493 e. The fourth-order valence-corrected chi connectivity index (χ4v) is 3.94. The normalized spacial score (nSPS) is 11.1. The molecule has 4 aromatic rings. The highest BCUT2D eigenvalue weighted by molar-refractivity contribution is 5.99. The van der Waals surface area contributed by atoms with Gasteiger partial charge in [0.2, 0.25) is 0 Å². The van der Waals surface area contributed by atoms with E-state index in [2.05, 4.69) is 24.3 Å². The van der Waals surface area contributed by atoms with Gasteiger partial charge in [0.1, 0.15) is 11.4 Å². The van der Waals surface area contributed by atoms with Crippen LogP contribution in [0.3, 0.4) is 0 Å². The van der Waals surface area contributed by atoms with Crippen molar-refractivity contribution in [1.82, 2.24) is 4.57 Å². The van der Waals surface area contributed by atoms with E-state index in [0.29, 0.717) is 18.9 Å². The molecule has 0 unspecified atom stereocenters. The number of rotatable bonds is 7. The molecule has 4 heteroatoms. The maximum atomic E-state index is 12.6. The molecule has 0 aliphatic carbocycles. The zero-order chi connectivity index (χ0) is 20.2. The van der Waals surface area contributed by atoms with Crippen LogP contribution < -0.4 is 4.74 Å². The van der Waals surface area contributed by atoms with Gasteiger partial charge in [0.05, 0.1) is 13.2 Å². The van der Waals surface area contributed by atoms with Crippen LogP contribution in [0.15, 0.2) is 66.7 Å². The Kier molecular flexibility index (Phi) is 5.52. The van der Waals surface area contributed by atoms with Crippen LogP contribution in [0.2, 0.25) is 0 Å². The number of para-hydroxylation sites is 1. The lowest BCUT2D eigenvalue weighted by Crippen LogP contribution is -2.12. The molecule has 0 fully saturated rings. The summed E-state index contributed by atoms with van der Waals surface area (Å²) in [5.41, 5.74) is 2.71. The van der Waals surface area contributed by atoms with Crippen molar-refractivity contribution in [1.29, 1.82) is 0 Å². The van der Waals surface area contributed by atoms with Crippen LogP contribution in [-0.4, -0.2) is 23.8 Å². The third-order valence-electron chi connectivity index (χ3n) is 5.26. The number of aromatic nitrogens is 1. The first kappa shape index (κ1) is 19.1. The predicted molar refractivity (Wildman–Crippen MR) is 117 cm³/mol. The van der Waals surface area contributed by atoms with E-state index < -0.39 is 0 Å². The molecule has 0 radical (unpaired) electrons. The smallest absolute Gasteiger partial charge is 0.355 e. The van der Waals surface area contributed by atoms with E-state index in [9.17, 15) is 4.79 Å². The van der Waals surface area contributed by atoms with Gasteiger partial charge in [0.25, 0.3) is 0 Å². The van der Waals surface area contributed by atoms with E-state index in [4.69, 9.17) is 9.47 Å². The standard InChI is InChI=1S/C25H25NO3/c1-3-28-25(27)24-21(20-13-6-7-15-22(20)26(24)2)14-9-17-29-23-16-8-11-18-10-4-5-12-19(18)23/h4-8,10-13,15-16H,3,9,14,17H2,1-2H3. The van der Waals surface area contributed by atoms with Gasteiger partial charge in [0.15, 0.2) is 0 Å².